The van der Waals surface area contributed by atoms with Crippen molar-refractivity contribution in [3.63, 3.8) is 0 Å². The Balaban J connectivity index is 2.00. The summed E-state index contributed by atoms with van der Waals surface area (Å²) < 4.78 is 25.4. The van der Waals surface area contributed by atoms with Crippen LogP contribution in [0.3, 0.4) is 0 Å². The largest absolute Gasteiger partial charge is 0.272 e. The Labute approximate surface area is 139 Å². The number of hydrogen-bond acceptors (Lipinski definition) is 4. The lowest BCUT2D eigenvalue weighted by atomic mass is 9.87. The second-order valence-corrected chi connectivity index (χ2v) is 7.60. The van der Waals surface area contributed by atoms with Crippen LogP contribution in [-0.2, 0) is 19.4 Å². The first kappa shape index (κ1) is 16.2. The van der Waals surface area contributed by atoms with E-state index >= 15 is 0 Å². The van der Waals surface area contributed by atoms with Gasteiger partial charge in [-0.15, -0.1) is 0 Å². The summed E-state index contributed by atoms with van der Waals surface area (Å²) in [6.45, 7) is 0. The first-order valence-electron chi connectivity index (χ1n) is 7.41. The average Bonchev–Trinajstić information content (AvgIpc) is 2.93. The molecule has 2 aromatic rings. The number of carbonyl (C=O) groups excluding carboxylic acids is 2. The minimum absolute atomic E-state index is 0.171. The van der Waals surface area contributed by atoms with Crippen LogP contribution in [0.15, 0.2) is 65.6 Å². The van der Waals surface area contributed by atoms with Crippen LogP contribution in [0.25, 0.3) is 0 Å². The first-order valence-corrected chi connectivity index (χ1v) is 9.07. The van der Waals surface area contributed by atoms with Crippen molar-refractivity contribution < 1.29 is 18.0 Å². The molecule has 1 aliphatic heterocycles. The second kappa shape index (κ2) is 6.45. The van der Waals surface area contributed by atoms with Crippen molar-refractivity contribution in [3.05, 3.63) is 66.2 Å². The van der Waals surface area contributed by atoms with Crippen molar-refractivity contribution in [2.24, 2.45) is 5.92 Å². The monoisotopic (exact) mass is 344 g/mol. The van der Waals surface area contributed by atoms with Gasteiger partial charge in [-0.25, -0.2) is 8.42 Å². The Kier molecular flexibility index (Phi) is 4.35. The molecule has 0 aliphatic carbocycles. The average molecular weight is 344 g/mol. The molecule has 2 aromatic carbocycles. The summed E-state index contributed by atoms with van der Waals surface area (Å²) in [6.07, 6.45) is 0. The number of hydrogen-bond donors (Lipinski definition) is 2. The molecule has 1 fully saturated rings. The van der Waals surface area contributed by atoms with E-state index in [0.717, 1.165) is 0 Å². The maximum atomic E-state index is 12.7. The smallest absolute Gasteiger partial charge is 0.251 e. The molecule has 3 rings (SSSR count). The maximum absolute atomic E-state index is 12.7. The Morgan fingerprint density at radius 1 is 0.833 bits per heavy atom. The van der Waals surface area contributed by atoms with Crippen molar-refractivity contribution in [2.75, 3.05) is 5.75 Å². The van der Waals surface area contributed by atoms with Gasteiger partial charge in [0.1, 0.15) is 5.92 Å². The van der Waals surface area contributed by atoms with Gasteiger partial charge in [-0.3, -0.25) is 20.4 Å². The van der Waals surface area contributed by atoms with Crippen LogP contribution < -0.4 is 10.9 Å². The fraction of sp³-hybridized carbons (Fsp3) is 0.176. The Morgan fingerprint density at radius 2 is 1.33 bits per heavy atom. The van der Waals surface area contributed by atoms with E-state index in [1.54, 1.807) is 48.5 Å². The number of hydrazine groups is 1. The summed E-state index contributed by atoms with van der Waals surface area (Å²) in [4.78, 5) is 24.2. The third-order valence-corrected chi connectivity index (χ3v) is 5.79. The standard InChI is InChI=1S/C17H16N2O4S/c20-16-15(17(21)19-18-16)14(12-7-3-1-4-8-12)11-24(22,23)13-9-5-2-6-10-13/h1-10,14-15H,11H2,(H,18,20)(H,19,21). The second-order valence-electron chi connectivity index (χ2n) is 5.57. The van der Waals surface area contributed by atoms with Gasteiger partial charge in [-0.05, 0) is 17.7 Å². The van der Waals surface area contributed by atoms with Gasteiger partial charge in [-0.1, -0.05) is 48.5 Å². The summed E-state index contributed by atoms with van der Waals surface area (Å²) in [6, 6.07) is 16.8. The van der Waals surface area contributed by atoms with Gasteiger partial charge in [0.05, 0.1) is 10.6 Å². The van der Waals surface area contributed by atoms with Crippen LogP contribution in [0, 0.1) is 5.92 Å². The van der Waals surface area contributed by atoms with Gasteiger partial charge in [-0.2, -0.15) is 0 Å². The van der Waals surface area contributed by atoms with E-state index in [-0.39, 0.29) is 10.6 Å². The lowest BCUT2D eigenvalue weighted by molar-refractivity contribution is -0.128. The van der Waals surface area contributed by atoms with Crippen LogP contribution in [0.5, 0.6) is 0 Å². The van der Waals surface area contributed by atoms with E-state index in [4.69, 9.17) is 0 Å². The summed E-state index contributed by atoms with van der Waals surface area (Å²) in [7, 11) is -3.65. The van der Waals surface area contributed by atoms with Crippen molar-refractivity contribution in [3.8, 4) is 0 Å². The Bertz CT molecular complexity index is 835. The predicted molar refractivity (Wildman–Crippen MR) is 87.5 cm³/mol. The van der Waals surface area contributed by atoms with Crippen LogP contribution >= 0.6 is 0 Å². The zero-order chi connectivity index (χ0) is 17.2. The third kappa shape index (κ3) is 3.16. The highest BCUT2D eigenvalue weighted by Crippen LogP contribution is 2.30. The third-order valence-electron chi connectivity index (χ3n) is 4.01. The quantitative estimate of drug-likeness (QED) is 0.792. The predicted octanol–water partition coefficient (Wildman–Crippen LogP) is 1.02. The Hall–Kier alpha value is -2.67. The summed E-state index contributed by atoms with van der Waals surface area (Å²) in [5, 5.41) is 0. The lowest BCUT2D eigenvalue weighted by Crippen LogP contribution is -2.31. The van der Waals surface area contributed by atoms with Gasteiger partial charge >= 0.3 is 0 Å². The van der Waals surface area contributed by atoms with E-state index in [1.807, 2.05) is 0 Å². The van der Waals surface area contributed by atoms with Gasteiger partial charge in [0.25, 0.3) is 11.8 Å². The highest BCUT2D eigenvalue weighted by molar-refractivity contribution is 7.91. The van der Waals surface area contributed by atoms with Crippen LogP contribution in [-0.4, -0.2) is 26.0 Å². The molecular weight excluding hydrogens is 328 g/mol. The number of sulfone groups is 1. The number of benzene rings is 2. The summed E-state index contributed by atoms with van der Waals surface area (Å²) in [5.74, 6) is -3.20. The topological polar surface area (TPSA) is 92.3 Å². The molecule has 1 atom stereocenters. The first-order chi connectivity index (χ1) is 11.5. The molecule has 0 aromatic heterocycles. The number of amides is 2. The van der Waals surface area contributed by atoms with Gasteiger partial charge in [0.2, 0.25) is 0 Å². The molecule has 2 amide bonds. The van der Waals surface area contributed by atoms with Crippen LogP contribution in [0.1, 0.15) is 11.5 Å². The molecule has 1 saturated heterocycles. The SMILES string of the molecule is O=C1NNC(=O)C1C(CS(=O)(=O)c1ccccc1)c1ccccc1. The summed E-state index contributed by atoms with van der Waals surface area (Å²) in [5.41, 5.74) is 5.16. The van der Waals surface area contributed by atoms with Gasteiger partial charge in [0, 0.05) is 5.92 Å². The van der Waals surface area contributed by atoms with E-state index in [0.29, 0.717) is 5.56 Å². The molecule has 7 heteroatoms. The van der Waals surface area contributed by atoms with Crippen molar-refractivity contribution >= 4 is 21.7 Å². The molecule has 24 heavy (non-hydrogen) atoms. The molecule has 1 unspecified atom stereocenters. The Morgan fingerprint density at radius 3 is 1.88 bits per heavy atom. The van der Waals surface area contributed by atoms with E-state index in [2.05, 4.69) is 10.9 Å². The van der Waals surface area contributed by atoms with Gasteiger partial charge < -0.3 is 0 Å². The molecule has 2 N–H and O–H groups in total. The van der Waals surface area contributed by atoms with Crippen LogP contribution in [0.2, 0.25) is 0 Å². The number of carbonyl (C=O) groups is 2. The highest BCUT2D eigenvalue weighted by Gasteiger charge is 2.42. The van der Waals surface area contributed by atoms with E-state index < -0.39 is 33.5 Å². The number of rotatable bonds is 5. The molecule has 1 heterocycles. The fourth-order valence-electron chi connectivity index (χ4n) is 2.81. The maximum Gasteiger partial charge on any atom is 0.251 e. The minimum Gasteiger partial charge on any atom is -0.272 e. The van der Waals surface area contributed by atoms with Crippen molar-refractivity contribution in [2.45, 2.75) is 10.8 Å². The normalized spacial score (nSPS) is 16.5. The van der Waals surface area contributed by atoms with Crippen LogP contribution in [0.4, 0.5) is 0 Å². The zero-order valence-corrected chi connectivity index (χ0v) is 13.5. The molecule has 0 saturated carbocycles. The zero-order valence-electron chi connectivity index (χ0n) is 12.7. The molecule has 124 valence electrons. The highest BCUT2D eigenvalue weighted by atomic mass is 32.2. The molecule has 0 radical (unpaired) electrons. The molecule has 0 bridgehead atoms. The van der Waals surface area contributed by atoms with Gasteiger partial charge in [0.15, 0.2) is 9.84 Å². The minimum atomic E-state index is -3.65. The molecular formula is C17H16N2O4S. The summed E-state index contributed by atoms with van der Waals surface area (Å²) >= 11 is 0. The van der Waals surface area contributed by atoms with Crippen molar-refractivity contribution in [1.82, 2.24) is 10.9 Å². The molecule has 6 nitrogen and oxygen atoms in total. The number of nitrogens with one attached hydrogen (secondary N) is 2. The van der Waals surface area contributed by atoms with E-state index in [1.165, 1.54) is 12.1 Å². The molecule has 0 spiro atoms. The lowest BCUT2D eigenvalue weighted by Gasteiger charge is -2.20. The fourth-order valence-corrected chi connectivity index (χ4v) is 4.43. The van der Waals surface area contributed by atoms with E-state index in [9.17, 15) is 18.0 Å². The van der Waals surface area contributed by atoms with Crippen molar-refractivity contribution in [1.29, 1.82) is 0 Å². The molecule has 1 aliphatic rings.